The second-order valence-electron chi connectivity index (χ2n) is 6.88. The van der Waals surface area contributed by atoms with Gasteiger partial charge in [0.25, 0.3) is 0 Å². The summed E-state index contributed by atoms with van der Waals surface area (Å²) in [6, 6.07) is 14.4. The summed E-state index contributed by atoms with van der Waals surface area (Å²) in [6.07, 6.45) is 0.276. The van der Waals surface area contributed by atoms with Gasteiger partial charge in [-0.2, -0.15) is 4.98 Å². The second-order valence-corrected chi connectivity index (χ2v) is 7.32. The Bertz CT molecular complexity index is 979. The van der Waals surface area contributed by atoms with E-state index in [4.69, 9.17) is 20.9 Å². The number of aromatic nitrogens is 2. The average Bonchev–Trinajstić information content (AvgIpc) is 3.20. The molecule has 0 bridgehead atoms. The van der Waals surface area contributed by atoms with Crippen molar-refractivity contribution in [1.29, 1.82) is 0 Å². The maximum Gasteiger partial charge on any atom is 0.306 e. The molecule has 3 aromatic rings. The summed E-state index contributed by atoms with van der Waals surface area (Å²) in [5.41, 5.74) is 2.43. The molecule has 0 saturated heterocycles. The Hall–Kier alpha value is -2.99. The fraction of sp³-hybridized carbons (Fsp3) is 0.273. The third-order valence-corrected chi connectivity index (χ3v) is 4.63. The van der Waals surface area contributed by atoms with Crippen molar-refractivity contribution < 1.29 is 18.8 Å². The average molecular weight is 413 g/mol. The maximum atomic E-state index is 12.2. The lowest BCUT2D eigenvalue weighted by molar-refractivity contribution is -0.142. The van der Waals surface area contributed by atoms with Crippen molar-refractivity contribution in [2.45, 2.75) is 32.6 Å². The molecule has 2 aromatic carbocycles. The van der Waals surface area contributed by atoms with Gasteiger partial charge in [-0.05, 0) is 35.7 Å². The zero-order valence-electron chi connectivity index (χ0n) is 16.2. The molecule has 6 nitrogen and oxygen atoms in total. The number of carbonyl (C=O) groups excluding carboxylic acids is 2. The molecule has 150 valence electrons. The van der Waals surface area contributed by atoms with Gasteiger partial charge in [0.05, 0.1) is 6.42 Å². The van der Waals surface area contributed by atoms with Crippen LogP contribution in [0.5, 0.6) is 0 Å². The van der Waals surface area contributed by atoms with Gasteiger partial charge in [-0.3, -0.25) is 9.59 Å². The van der Waals surface area contributed by atoms with E-state index in [1.807, 2.05) is 12.1 Å². The van der Waals surface area contributed by atoms with E-state index in [1.54, 1.807) is 36.4 Å². The van der Waals surface area contributed by atoms with Gasteiger partial charge in [0.2, 0.25) is 11.7 Å². The van der Waals surface area contributed by atoms with Crippen LogP contribution in [0.3, 0.4) is 0 Å². The number of benzene rings is 2. The van der Waals surface area contributed by atoms with Crippen LogP contribution in [-0.4, -0.2) is 28.5 Å². The molecule has 0 N–H and O–H groups in total. The quantitative estimate of drug-likeness (QED) is 0.387. The molecule has 0 radical (unpaired) electrons. The molecule has 7 heteroatoms. The fourth-order valence-corrected chi connectivity index (χ4v) is 2.76. The highest BCUT2D eigenvalue weighted by molar-refractivity contribution is 6.30. The van der Waals surface area contributed by atoms with Crippen molar-refractivity contribution in [3.05, 3.63) is 70.6 Å². The highest BCUT2D eigenvalue weighted by atomic mass is 35.5. The molecule has 0 saturated carbocycles. The van der Waals surface area contributed by atoms with E-state index in [1.165, 1.54) is 0 Å². The second kappa shape index (κ2) is 9.47. The van der Waals surface area contributed by atoms with Crippen LogP contribution in [0.25, 0.3) is 11.4 Å². The van der Waals surface area contributed by atoms with E-state index < -0.39 is 5.97 Å². The first kappa shape index (κ1) is 20.7. The Balaban J connectivity index is 1.46. The summed E-state index contributed by atoms with van der Waals surface area (Å²) in [5, 5.41) is 4.51. The van der Waals surface area contributed by atoms with Crippen molar-refractivity contribution in [1.82, 2.24) is 10.1 Å². The van der Waals surface area contributed by atoms with Gasteiger partial charge in [-0.25, -0.2) is 0 Å². The summed E-state index contributed by atoms with van der Waals surface area (Å²) in [7, 11) is 0. The molecule has 0 fully saturated rings. The van der Waals surface area contributed by atoms with Crippen LogP contribution in [0.4, 0.5) is 0 Å². The zero-order valence-corrected chi connectivity index (χ0v) is 17.0. The lowest BCUT2D eigenvalue weighted by Crippen LogP contribution is -2.14. The lowest BCUT2D eigenvalue weighted by Gasteiger charge is -2.07. The van der Waals surface area contributed by atoms with Crippen LogP contribution in [0.1, 0.15) is 48.0 Å². The molecule has 1 heterocycles. The number of rotatable bonds is 8. The molecule has 0 unspecified atom stereocenters. The Morgan fingerprint density at radius 1 is 1.07 bits per heavy atom. The summed E-state index contributed by atoms with van der Waals surface area (Å²) < 4.78 is 10.2. The largest absolute Gasteiger partial charge is 0.457 e. The summed E-state index contributed by atoms with van der Waals surface area (Å²) >= 11 is 5.86. The monoisotopic (exact) mass is 412 g/mol. The first-order valence-electron chi connectivity index (χ1n) is 9.29. The number of nitrogens with zero attached hydrogens (tertiary/aromatic N) is 2. The number of ketones is 1. The third kappa shape index (κ3) is 5.74. The van der Waals surface area contributed by atoms with E-state index in [2.05, 4.69) is 24.0 Å². The van der Waals surface area contributed by atoms with Crippen LogP contribution in [0.2, 0.25) is 5.02 Å². The number of hydrogen-bond acceptors (Lipinski definition) is 6. The molecule has 0 spiro atoms. The summed E-state index contributed by atoms with van der Waals surface area (Å²) in [6.45, 7) is 3.88. The van der Waals surface area contributed by atoms with Gasteiger partial charge in [0.15, 0.2) is 12.4 Å². The normalized spacial score (nSPS) is 10.9. The van der Waals surface area contributed by atoms with Gasteiger partial charge >= 0.3 is 5.97 Å². The SMILES string of the molecule is CC(C)c1ccc(C(=O)COC(=O)CCc2nc(-c3ccc(Cl)cc3)no2)cc1. The Morgan fingerprint density at radius 3 is 2.41 bits per heavy atom. The standard InChI is InChI=1S/C22H21ClN2O4/c1-14(2)15-3-5-16(6-4-15)19(26)13-28-21(27)12-11-20-24-22(25-29-20)17-7-9-18(23)10-8-17/h3-10,14H,11-13H2,1-2H3. The number of halogens is 1. The third-order valence-electron chi connectivity index (χ3n) is 4.38. The van der Waals surface area contributed by atoms with Crippen LogP contribution in [-0.2, 0) is 16.0 Å². The molecule has 0 aliphatic rings. The molecule has 29 heavy (non-hydrogen) atoms. The fourth-order valence-electron chi connectivity index (χ4n) is 2.64. The highest BCUT2D eigenvalue weighted by Gasteiger charge is 2.14. The van der Waals surface area contributed by atoms with Crippen LogP contribution in [0.15, 0.2) is 53.1 Å². The first-order valence-corrected chi connectivity index (χ1v) is 9.67. The zero-order chi connectivity index (χ0) is 20.8. The van der Waals surface area contributed by atoms with Crippen LogP contribution >= 0.6 is 11.6 Å². The van der Waals surface area contributed by atoms with Crippen LogP contribution in [0, 0.1) is 0 Å². The van der Waals surface area contributed by atoms with Gasteiger partial charge < -0.3 is 9.26 Å². The van der Waals surface area contributed by atoms with E-state index in [0.29, 0.717) is 28.2 Å². The van der Waals surface area contributed by atoms with E-state index in [-0.39, 0.29) is 25.2 Å². The number of Topliss-reactive ketones (excluding diaryl/α,β-unsaturated/α-hetero) is 1. The molecular formula is C22H21ClN2O4. The van der Waals surface area contributed by atoms with Gasteiger partial charge in [-0.15, -0.1) is 0 Å². The minimum atomic E-state index is -0.497. The predicted molar refractivity (Wildman–Crippen MR) is 109 cm³/mol. The molecule has 0 aliphatic heterocycles. The van der Waals surface area contributed by atoms with Crippen molar-refractivity contribution in [2.24, 2.45) is 0 Å². The molecular weight excluding hydrogens is 392 g/mol. The van der Waals surface area contributed by atoms with Gasteiger partial charge in [-0.1, -0.05) is 54.9 Å². The Kier molecular flexibility index (Phi) is 6.77. The maximum absolute atomic E-state index is 12.2. The topological polar surface area (TPSA) is 82.3 Å². The minimum absolute atomic E-state index is 0.0435. The van der Waals surface area contributed by atoms with Crippen molar-refractivity contribution in [2.75, 3.05) is 6.61 Å². The Morgan fingerprint density at radius 2 is 1.76 bits per heavy atom. The van der Waals surface area contributed by atoms with Gasteiger partial charge in [0.1, 0.15) is 0 Å². The van der Waals surface area contributed by atoms with Gasteiger partial charge in [0, 0.05) is 22.6 Å². The molecule has 1 aromatic heterocycles. The highest BCUT2D eigenvalue weighted by Crippen LogP contribution is 2.19. The molecule has 3 rings (SSSR count). The number of hydrogen-bond donors (Lipinski definition) is 0. The first-order chi connectivity index (χ1) is 13.9. The van der Waals surface area contributed by atoms with Crippen molar-refractivity contribution >= 4 is 23.4 Å². The molecule has 0 aliphatic carbocycles. The van der Waals surface area contributed by atoms with Crippen LogP contribution < -0.4 is 0 Å². The van der Waals surface area contributed by atoms with E-state index in [0.717, 1.165) is 11.1 Å². The smallest absolute Gasteiger partial charge is 0.306 e. The summed E-state index contributed by atoms with van der Waals surface area (Å²) in [4.78, 5) is 28.3. The minimum Gasteiger partial charge on any atom is -0.457 e. The predicted octanol–water partition coefficient (Wildman–Crippen LogP) is 4.87. The summed E-state index contributed by atoms with van der Waals surface area (Å²) in [5.74, 6) is 0.398. The lowest BCUT2D eigenvalue weighted by atomic mass is 10.0. The number of ether oxygens (including phenoxy) is 1. The molecule has 0 atom stereocenters. The molecule has 0 amide bonds. The number of aryl methyl sites for hydroxylation is 1. The van der Waals surface area contributed by atoms with Crippen molar-refractivity contribution in [3.8, 4) is 11.4 Å². The van der Waals surface area contributed by atoms with E-state index >= 15 is 0 Å². The number of esters is 1. The number of carbonyl (C=O) groups is 2. The van der Waals surface area contributed by atoms with Crippen molar-refractivity contribution in [3.63, 3.8) is 0 Å². The Labute approximate surface area is 173 Å². The van der Waals surface area contributed by atoms with E-state index in [9.17, 15) is 9.59 Å².